The third-order valence-corrected chi connectivity index (χ3v) is 4.42. The molecule has 152 valence electrons. The Labute approximate surface area is 168 Å². The fraction of sp³-hybridized carbons (Fsp3) is 0.353. The summed E-state index contributed by atoms with van der Waals surface area (Å²) in [5.41, 5.74) is -2.16. The highest BCUT2D eigenvalue weighted by molar-refractivity contribution is 6.38. The summed E-state index contributed by atoms with van der Waals surface area (Å²) in [5, 5.41) is 2.98. The highest BCUT2D eigenvalue weighted by Crippen LogP contribution is 2.35. The van der Waals surface area contributed by atoms with E-state index in [-0.39, 0.29) is 33.6 Å². The van der Waals surface area contributed by atoms with Crippen molar-refractivity contribution in [1.29, 1.82) is 0 Å². The summed E-state index contributed by atoms with van der Waals surface area (Å²) in [6.07, 6.45) is -4.18. The minimum atomic E-state index is -4.73. The van der Waals surface area contributed by atoms with E-state index in [1.165, 1.54) is 19.1 Å². The summed E-state index contributed by atoms with van der Waals surface area (Å²) >= 11 is 12.2. The fourth-order valence-corrected chi connectivity index (χ4v) is 2.91. The summed E-state index contributed by atoms with van der Waals surface area (Å²) in [7, 11) is 0.988. The molecular weight excluding hydrogens is 422 g/mol. The zero-order valence-electron chi connectivity index (χ0n) is 15.0. The molecule has 0 radical (unpaired) electrons. The van der Waals surface area contributed by atoms with Crippen molar-refractivity contribution in [2.45, 2.75) is 26.1 Å². The molecule has 1 N–H and O–H groups in total. The van der Waals surface area contributed by atoms with Crippen molar-refractivity contribution in [1.82, 2.24) is 9.55 Å². The maximum atomic E-state index is 12.9. The van der Waals surface area contributed by atoms with Crippen molar-refractivity contribution >= 4 is 34.9 Å². The number of nitrogens with one attached hydrogen (secondary N) is 1. The Morgan fingerprint density at radius 2 is 1.96 bits per heavy atom. The number of ether oxygens (including phenoxy) is 1. The van der Waals surface area contributed by atoms with Crippen molar-refractivity contribution < 1.29 is 22.7 Å². The van der Waals surface area contributed by atoms with E-state index in [4.69, 9.17) is 27.9 Å². The van der Waals surface area contributed by atoms with E-state index < -0.39 is 29.4 Å². The van der Waals surface area contributed by atoms with Gasteiger partial charge in [-0.05, 0) is 26.0 Å². The van der Waals surface area contributed by atoms with Gasteiger partial charge in [0.1, 0.15) is 17.4 Å². The van der Waals surface area contributed by atoms with E-state index in [9.17, 15) is 22.8 Å². The number of rotatable bonds is 5. The molecular formula is C17H16Cl2F3N3O3. The summed E-state index contributed by atoms with van der Waals surface area (Å²) < 4.78 is 44.2. The Morgan fingerprint density at radius 3 is 2.54 bits per heavy atom. The Hall–Kier alpha value is -2.26. The monoisotopic (exact) mass is 437 g/mol. The van der Waals surface area contributed by atoms with Crippen molar-refractivity contribution in [2.24, 2.45) is 7.05 Å². The van der Waals surface area contributed by atoms with Crippen LogP contribution in [0.3, 0.4) is 0 Å². The third-order valence-electron chi connectivity index (χ3n) is 3.80. The van der Waals surface area contributed by atoms with Gasteiger partial charge in [-0.15, -0.1) is 0 Å². The van der Waals surface area contributed by atoms with Crippen LogP contribution >= 0.6 is 23.2 Å². The number of hydrogen-bond donors (Lipinski definition) is 1. The smallest absolute Gasteiger partial charge is 0.433 e. The molecule has 0 amide bonds. The Bertz CT molecular complexity index is 961. The normalized spacial score (nSPS) is 12.6. The van der Waals surface area contributed by atoms with E-state index >= 15 is 0 Å². The van der Waals surface area contributed by atoms with Crippen LogP contribution < -0.4 is 10.9 Å². The van der Waals surface area contributed by atoms with Crippen molar-refractivity contribution in [3.8, 4) is 11.3 Å². The molecule has 0 fully saturated rings. The van der Waals surface area contributed by atoms with Gasteiger partial charge in [0, 0.05) is 12.6 Å². The van der Waals surface area contributed by atoms with Gasteiger partial charge in [-0.2, -0.15) is 13.2 Å². The number of esters is 1. The molecule has 2 aromatic rings. The molecule has 28 heavy (non-hydrogen) atoms. The van der Waals surface area contributed by atoms with E-state index in [0.29, 0.717) is 10.8 Å². The number of anilines is 1. The van der Waals surface area contributed by atoms with Gasteiger partial charge in [-0.1, -0.05) is 23.2 Å². The van der Waals surface area contributed by atoms with Crippen LogP contribution in [-0.2, 0) is 22.8 Å². The number of carbonyl (C=O) groups excluding carboxylic acids is 1. The van der Waals surface area contributed by atoms with Gasteiger partial charge in [-0.3, -0.25) is 4.79 Å². The van der Waals surface area contributed by atoms with Gasteiger partial charge in [-0.25, -0.2) is 9.78 Å². The van der Waals surface area contributed by atoms with Gasteiger partial charge in [0.15, 0.2) is 0 Å². The van der Waals surface area contributed by atoms with E-state index in [0.717, 1.165) is 7.05 Å². The van der Waals surface area contributed by atoms with Crippen molar-refractivity contribution in [3.63, 3.8) is 0 Å². The standard InChI is InChI=1S/C17H16Cl2F3N3O3/c1-4-28-16(27)8(2)24-12-5-9(10(18)6-11(12)19)14-15(26)25(3)13(7-23-14)17(20,21)22/h5-8,24H,4H2,1-3H3. The summed E-state index contributed by atoms with van der Waals surface area (Å²) in [6.45, 7) is 3.39. The number of alkyl halides is 3. The molecule has 0 spiro atoms. The molecule has 2 rings (SSSR count). The Kier molecular flexibility index (Phi) is 6.61. The first-order chi connectivity index (χ1) is 13.0. The molecule has 0 bridgehead atoms. The molecule has 1 atom stereocenters. The average molecular weight is 438 g/mol. The van der Waals surface area contributed by atoms with Gasteiger partial charge < -0.3 is 14.6 Å². The van der Waals surface area contributed by atoms with Gasteiger partial charge >= 0.3 is 12.1 Å². The lowest BCUT2D eigenvalue weighted by atomic mass is 10.1. The van der Waals surface area contributed by atoms with Crippen LogP contribution in [-0.4, -0.2) is 28.2 Å². The molecule has 6 nitrogen and oxygen atoms in total. The zero-order valence-corrected chi connectivity index (χ0v) is 16.5. The quantitative estimate of drug-likeness (QED) is 0.711. The SMILES string of the molecule is CCOC(=O)C(C)Nc1cc(-c2ncc(C(F)(F)F)n(C)c2=O)c(Cl)cc1Cl. The van der Waals surface area contributed by atoms with Crippen molar-refractivity contribution in [2.75, 3.05) is 11.9 Å². The molecule has 0 saturated heterocycles. The number of carbonyl (C=O) groups is 1. The van der Waals surface area contributed by atoms with Crippen LogP contribution in [0.25, 0.3) is 11.3 Å². The zero-order chi connectivity index (χ0) is 21.2. The topological polar surface area (TPSA) is 73.2 Å². The minimum Gasteiger partial charge on any atom is -0.464 e. The number of hydrogen-bond acceptors (Lipinski definition) is 5. The summed E-state index contributed by atoms with van der Waals surface area (Å²) in [5.74, 6) is -0.529. The third kappa shape index (κ3) is 4.59. The van der Waals surface area contributed by atoms with Gasteiger partial charge in [0.2, 0.25) is 0 Å². The van der Waals surface area contributed by atoms with Crippen LogP contribution in [0, 0.1) is 0 Å². The van der Waals surface area contributed by atoms with E-state index in [2.05, 4.69) is 10.3 Å². The molecule has 1 heterocycles. The molecule has 0 aliphatic heterocycles. The van der Waals surface area contributed by atoms with Crippen LogP contribution in [0.2, 0.25) is 10.0 Å². The second-order valence-electron chi connectivity index (χ2n) is 5.78. The number of aromatic nitrogens is 2. The molecule has 0 aliphatic rings. The molecule has 11 heteroatoms. The lowest BCUT2D eigenvalue weighted by molar-refractivity contribution is -0.144. The van der Waals surface area contributed by atoms with E-state index in [1.807, 2.05) is 0 Å². The first-order valence-corrected chi connectivity index (χ1v) is 8.78. The minimum absolute atomic E-state index is 0.0173. The highest BCUT2D eigenvalue weighted by Gasteiger charge is 2.35. The second-order valence-corrected chi connectivity index (χ2v) is 6.60. The van der Waals surface area contributed by atoms with Crippen LogP contribution in [0.1, 0.15) is 19.5 Å². The Morgan fingerprint density at radius 1 is 1.32 bits per heavy atom. The molecule has 1 aromatic heterocycles. The highest BCUT2D eigenvalue weighted by atomic mass is 35.5. The average Bonchev–Trinajstić information content (AvgIpc) is 2.59. The number of halogens is 5. The van der Waals surface area contributed by atoms with Gasteiger partial charge in [0.05, 0.1) is 28.5 Å². The molecule has 0 saturated carbocycles. The van der Waals surface area contributed by atoms with Crippen molar-refractivity contribution in [3.05, 3.63) is 44.4 Å². The van der Waals surface area contributed by atoms with Crippen LogP contribution in [0.5, 0.6) is 0 Å². The lowest BCUT2D eigenvalue weighted by Crippen LogP contribution is -2.29. The second kappa shape index (κ2) is 8.40. The maximum absolute atomic E-state index is 12.9. The maximum Gasteiger partial charge on any atom is 0.433 e. The first-order valence-electron chi connectivity index (χ1n) is 8.03. The fourth-order valence-electron chi connectivity index (χ4n) is 2.38. The lowest BCUT2D eigenvalue weighted by Gasteiger charge is -2.17. The predicted octanol–water partition coefficient (Wildman–Crippen LogP) is 4.14. The predicted molar refractivity (Wildman–Crippen MR) is 99.7 cm³/mol. The summed E-state index contributed by atoms with van der Waals surface area (Å²) in [6, 6.07) is 1.88. The Balaban J connectivity index is 2.52. The molecule has 1 aromatic carbocycles. The van der Waals surface area contributed by atoms with Crippen LogP contribution in [0.15, 0.2) is 23.1 Å². The number of nitrogens with zero attached hydrogens (tertiary/aromatic N) is 2. The summed E-state index contributed by atoms with van der Waals surface area (Å²) in [4.78, 5) is 27.9. The molecule has 1 unspecified atom stereocenters. The molecule has 0 aliphatic carbocycles. The first kappa shape index (κ1) is 22.0. The van der Waals surface area contributed by atoms with E-state index in [1.54, 1.807) is 6.92 Å². The van der Waals surface area contributed by atoms with Crippen LogP contribution in [0.4, 0.5) is 18.9 Å². The van der Waals surface area contributed by atoms with Gasteiger partial charge in [0.25, 0.3) is 5.56 Å². The largest absolute Gasteiger partial charge is 0.464 e. The number of benzene rings is 1.